The number of amides is 1. The van der Waals surface area contributed by atoms with E-state index in [-0.39, 0.29) is 18.3 Å². The van der Waals surface area contributed by atoms with Gasteiger partial charge in [0.25, 0.3) is 0 Å². The number of halogens is 1. The van der Waals surface area contributed by atoms with Crippen LogP contribution in [0.15, 0.2) is 24.3 Å². The third kappa shape index (κ3) is 3.58. The molecule has 2 heterocycles. The summed E-state index contributed by atoms with van der Waals surface area (Å²) in [5.74, 6) is 0.285. The normalized spacial score (nSPS) is 21.8. The number of rotatable bonds is 3. The van der Waals surface area contributed by atoms with E-state index in [0.717, 1.165) is 18.7 Å². The maximum Gasteiger partial charge on any atom is 0.228 e. The molecule has 1 atom stereocenters. The third-order valence-corrected chi connectivity index (χ3v) is 4.57. The molecule has 3 nitrogen and oxygen atoms in total. The van der Waals surface area contributed by atoms with Crippen LogP contribution in [0.2, 0.25) is 0 Å². The first-order chi connectivity index (χ1) is 9.75. The molecule has 3 rings (SSSR count). The Morgan fingerprint density at radius 2 is 1.90 bits per heavy atom. The summed E-state index contributed by atoms with van der Waals surface area (Å²) < 4.78 is 0. The molecule has 0 aromatic heterocycles. The van der Waals surface area contributed by atoms with Crippen LogP contribution in [-0.2, 0) is 11.2 Å². The summed E-state index contributed by atoms with van der Waals surface area (Å²) in [6.07, 6.45) is 5.57. The van der Waals surface area contributed by atoms with Gasteiger partial charge in [-0.15, -0.1) is 12.4 Å². The lowest BCUT2D eigenvalue weighted by Crippen LogP contribution is -2.39. The Balaban J connectivity index is 0.00000161. The van der Waals surface area contributed by atoms with Crippen molar-refractivity contribution >= 4 is 24.0 Å². The maximum absolute atomic E-state index is 12.6. The summed E-state index contributed by atoms with van der Waals surface area (Å²) in [6, 6.07) is 8.62. The maximum atomic E-state index is 12.6. The van der Waals surface area contributed by atoms with E-state index in [1.807, 2.05) is 11.0 Å². The van der Waals surface area contributed by atoms with Crippen LogP contribution in [0.5, 0.6) is 0 Å². The summed E-state index contributed by atoms with van der Waals surface area (Å²) >= 11 is 0. The molecule has 1 aromatic carbocycles. The molecule has 0 saturated carbocycles. The minimum absolute atomic E-state index is 0. The average molecular weight is 309 g/mol. The van der Waals surface area contributed by atoms with Crippen LogP contribution in [0.25, 0.3) is 0 Å². The van der Waals surface area contributed by atoms with Gasteiger partial charge in [0, 0.05) is 24.7 Å². The molecule has 0 spiro atoms. The van der Waals surface area contributed by atoms with Crippen LogP contribution in [0.3, 0.4) is 0 Å². The van der Waals surface area contributed by atoms with Crippen LogP contribution >= 0.6 is 12.4 Å². The predicted molar refractivity (Wildman–Crippen MR) is 89.3 cm³/mol. The van der Waals surface area contributed by atoms with Gasteiger partial charge in [0.05, 0.1) is 0 Å². The van der Waals surface area contributed by atoms with Crippen molar-refractivity contribution in [3.8, 4) is 0 Å². The third-order valence-electron chi connectivity index (χ3n) is 4.57. The summed E-state index contributed by atoms with van der Waals surface area (Å²) in [5.41, 5.74) is 2.44. The van der Waals surface area contributed by atoms with Gasteiger partial charge in [-0.1, -0.05) is 24.6 Å². The van der Waals surface area contributed by atoms with Gasteiger partial charge in [0.1, 0.15) is 0 Å². The second-order valence-corrected chi connectivity index (χ2v) is 6.10. The average Bonchev–Trinajstić information content (AvgIpc) is 2.82. The van der Waals surface area contributed by atoms with E-state index in [4.69, 9.17) is 0 Å². The Hall–Kier alpha value is -1.06. The minimum Gasteiger partial charge on any atom is -0.309 e. The van der Waals surface area contributed by atoms with E-state index in [1.54, 1.807) is 0 Å². The van der Waals surface area contributed by atoms with Crippen LogP contribution in [0.4, 0.5) is 5.69 Å². The summed E-state index contributed by atoms with van der Waals surface area (Å²) in [6.45, 7) is 5.40. The summed E-state index contributed by atoms with van der Waals surface area (Å²) in [4.78, 5) is 17.0. The number of benzene rings is 1. The SMILES string of the molecule is CC1Cc2ccccc2N1C(=O)CCN1CCCCC1.Cl. The van der Waals surface area contributed by atoms with Crippen molar-refractivity contribution in [1.82, 2.24) is 4.90 Å². The summed E-state index contributed by atoms with van der Waals surface area (Å²) in [7, 11) is 0. The van der Waals surface area contributed by atoms with Crippen molar-refractivity contribution in [3.05, 3.63) is 29.8 Å². The lowest BCUT2D eigenvalue weighted by atomic mass is 10.1. The molecule has 2 aliphatic heterocycles. The van der Waals surface area contributed by atoms with Gasteiger partial charge < -0.3 is 9.80 Å². The number of fused-ring (bicyclic) bond motifs is 1. The number of hydrogen-bond donors (Lipinski definition) is 0. The fourth-order valence-corrected chi connectivity index (χ4v) is 3.50. The molecule has 0 N–H and O–H groups in total. The Morgan fingerprint density at radius 1 is 1.19 bits per heavy atom. The largest absolute Gasteiger partial charge is 0.309 e. The summed E-state index contributed by atoms with van der Waals surface area (Å²) in [5, 5.41) is 0. The van der Waals surface area contributed by atoms with Crippen molar-refractivity contribution in [2.24, 2.45) is 0 Å². The minimum atomic E-state index is 0. The Morgan fingerprint density at radius 3 is 2.67 bits per heavy atom. The number of para-hydroxylation sites is 1. The lowest BCUT2D eigenvalue weighted by molar-refractivity contribution is -0.119. The second-order valence-electron chi connectivity index (χ2n) is 6.10. The number of carbonyl (C=O) groups excluding carboxylic acids is 1. The molecular formula is C17H25ClN2O. The van der Waals surface area contributed by atoms with Crippen molar-refractivity contribution in [3.63, 3.8) is 0 Å². The first kappa shape index (κ1) is 16.3. The number of nitrogens with zero attached hydrogens (tertiary/aromatic N) is 2. The molecule has 0 aliphatic carbocycles. The highest BCUT2D eigenvalue weighted by atomic mass is 35.5. The van der Waals surface area contributed by atoms with E-state index in [2.05, 4.69) is 30.0 Å². The van der Waals surface area contributed by atoms with Gasteiger partial charge in [-0.25, -0.2) is 0 Å². The molecule has 1 amide bonds. The van der Waals surface area contributed by atoms with Gasteiger partial charge in [-0.05, 0) is 50.9 Å². The fourth-order valence-electron chi connectivity index (χ4n) is 3.50. The Kier molecular flexibility index (Phi) is 5.65. The van der Waals surface area contributed by atoms with Crippen LogP contribution in [0, 0.1) is 0 Å². The van der Waals surface area contributed by atoms with Gasteiger partial charge >= 0.3 is 0 Å². The lowest BCUT2D eigenvalue weighted by Gasteiger charge is -2.28. The van der Waals surface area contributed by atoms with E-state index in [0.29, 0.717) is 12.5 Å². The molecule has 4 heteroatoms. The molecule has 1 saturated heterocycles. The van der Waals surface area contributed by atoms with Crippen molar-refractivity contribution in [2.45, 2.75) is 45.1 Å². The zero-order valence-electron chi connectivity index (χ0n) is 12.8. The molecule has 1 unspecified atom stereocenters. The standard InChI is InChI=1S/C17H24N2O.ClH/c1-14-13-15-7-3-4-8-16(15)19(14)17(20)9-12-18-10-5-2-6-11-18;/h3-4,7-8,14H,2,5-6,9-13H2,1H3;1H. The number of piperidine rings is 1. The molecule has 2 aliphatic rings. The second kappa shape index (κ2) is 7.28. The Labute approximate surface area is 133 Å². The van der Waals surface area contributed by atoms with Crippen molar-refractivity contribution < 1.29 is 4.79 Å². The molecular weight excluding hydrogens is 284 g/mol. The smallest absolute Gasteiger partial charge is 0.228 e. The Bertz CT molecular complexity index is 485. The van der Waals surface area contributed by atoms with Crippen LogP contribution in [-0.4, -0.2) is 36.5 Å². The van der Waals surface area contributed by atoms with E-state index in [1.165, 1.54) is 37.9 Å². The molecule has 1 fully saturated rings. The van der Waals surface area contributed by atoms with Gasteiger partial charge in [0.2, 0.25) is 5.91 Å². The molecule has 116 valence electrons. The predicted octanol–water partition coefficient (Wildman–Crippen LogP) is 3.26. The van der Waals surface area contributed by atoms with Crippen molar-refractivity contribution in [1.29, 1.82) is 0 Å². The number of carbonyl (C=O) groups is 1. The monoisotopic (exact) mass is 308 g/mol. The first-order valence-electron chi connectivity index (χ1n) is 7.88. The van der Waals surface area contributed by atoms with Gasteiger partial charge in [0.15, 0.2) is 0 Å². The molecule has 0 radical (unpaired) electrons. The van der Waals surface area contributed by atoms with Gasteiger partial charge in [-0.2, -0.15) is 0 Å². The number of anilines is 1. The number of likely N-dealkylation sites (tertiary alicyclic amines) is 1. The quantitative estimate of drug-likeness (QED) is 0.855. The fraction of sp³-hybridized carbons (Fsp3) is 0.588. The molecule has 0 bridgehead atoms. The zero-order valence-corrected chi connectivity index (χ0v) is 13.6. The zero-order chi connectivity index (χ0) is 13.9. The van der Waals surface area contributed by atoms with E-state index < -0.39 is 0 Å². The van der Waals surface area contributed by atoms with Crippen molar-refractivity contribution in [2.75, 3.05) is 24.5 Å². The highest BCUT2D eigenvalue weighted by molar-refractivity contribution is 5.96. The highest BCUT2D eigenvalue weighted by Crippen LogP contribution is 2.32. The molecule has 1 aromatic rings. The molecule has 21 heavy (non-hydrogen) atoms. The topological polar surface area (TPSA) is 23.6 Å². The van der Waals surface area contributed by atoms with Crippen LogP contribution < -0.4 is 4.90 Å². The van der Waals surface area contributed by atoms with E-state index in [9.17, 15) is 4.79 Å². The first-order valence-corrected chi connectivity index (χ1v) is 7.88. The number of hydrogen-bond acceptors (Lipinski definition) is 2. The van der Waals surface area contributed by atoms with Gasteiger partial charge in [-0.3, -0.25) is 4.79 Å². The van der Waals surface area contributed by atoms with E-state index >= 15 is 0 Å². The van der Waals surface area contributed by atoms with Crippen LogP contribution in [0.1, 0.15) is 38.2 Å². The highest BCUT2D eigenvalue weighted by Gasteiger charge is 2.30.